The van der Waals surface area contributed by atoms with Crippen LogP contribution in [0.1, 0.15) is 29.3 Å². The molecule has 1 aromatic rings. The van der Waals surface area contributed by atoms with Crippen LogP contribution in [0.2, 0.25) is 0 Å². The molecule has 2 nitrogen and oxygen atoms in total. The van der Waals surface area contributed by atoms with Crippen molar-refractivity contribution in [2.75, 3.05) is 12.8 Å². The van der Waals surface area contributed by atoms with Crippen LogP contribution in [0.5, 0.6) is 0 Å². The SMILES string of the molecule is CSC(C)CCNC(=O)c1ccc(Br)c(C)c1. The van der Waals surface area contributed by atoms with Gasteiger partial charge in [0, 0.05) is 21.8 Å². The summed E-state index contributed by atoms with van der Waals surface area (Å²) in [4.78, 5) is 11.8. The lowest BCUT2D eigenvalue weighted by Crippen LogP contribution is -2.26. The average Bonchev–Trinajstić information content (AvgIpc) is 2.32. The van der Waals surface area contributed by atoms with Crippen LogP contribution in [0.25, 0.3) is 0 Å². The molecule has 0 heterocycles. The molecule has 1 aromatic carbocycles. The second-order valence-corrected chi connectivity index (χ2v) is 6.19. The lowest BCUT2D eigenvalue weighted by atomic mass is 10.1. The third kappa shape index (κ3) is 4.72. The number of benzene rings is 1. The Balaban J connectivity index is 2.50. The Bertz CT molecular complexity index is 395. The monoisotopic (exact) mass is 315 g/mol. The highest BCUT2D eigenvalue weighted by molar-refractivity contribution is 9.10. The quantitative estimate of drug-likeness (QED) is 0.899. The first kappa shape index (κ1) is 14.6. The van der Waals surface area contributed by atoms with Gasteiger partial charge in [0.2, 0.25) is 0 Å². The van der Waals surface area contributed by atoms with Gasteiger partial charge in [-0.15, -0.1) is 0 Å². The highest BCUT2D eigenvalue weighted by atomic mass is 79.9. The number of carbonyl (C=O) groups excluding carboxylic acids is 1. The minimum Gasteiger partial charge on any atom is -0.352 e. The highest BCUT2D eigenvalue weighted by Gasteiger charge is 2.07. The summed E-state index contributed by atoms with van der Waals surface area (Å²) in [5.74, 6) is 0.00824. The van der Waals surface area contributed by atoms with Gasteiger partial charge >= 0.3 is 0 Å². The van der Waals surface area contributed by atoms with E-state index >= 15 is 0 Å². The van der Waals surface area contributed by atoms with Crippen molar-refractivity contribution in [2.24, 2.45) is 0 Å². The summed E-state index contributed by atoms with van der Waals surface area (Å²) in [6.07, 6.45) is 3.09. The highest BCUT2D eigenvalue weighted by Crippen LogP contribution is 2.17. The van der Waals surface area contributed by atoms with E-state index < -0.39 is 0 Å². The molecule has 0 aromatic heterocycles. The smallest absolute Gasteiger partial charge is 0.251 e. The van der Waals surface area contributed by atoms with Crippen LogP contribution in [-0.4, -0.2) is 24.0 Å². The molecule has 0 aliphatic rings. The van der Waals surface area contributed by atoms with Crippen LogP contribution in [0.4, 0.5) is 0 Å². The largest absolute Gasteiger partial charge is 0.352 e. The van der Waals surface area contributed by atoms with Crippen LogP contribution < -0.4 is 5.32 Å². The van der Waals surface area contributed by atoms with E-state index in [1.165, 1.54) is 0 Å². The van der Waals surface area contributed by atoms with Crippen LogP contribution in [0.3, 0.4) is 0 Å². The molecular weight excluding hydrogens is 298 g/mol. The van der Waals surface area contributed by atoms with Crippen molar-refractivity contribution in [1.29, 1.82) is 0 Å². The Hall–Kier alpha value is -0.480. The first-order chi connectivity index (χ1) is 8.04. The summed E-state index contributed by atoms with van der Waals surface area (Å²) >= 11 is 5.24. The van der Waals surface area contributed by atoms with Gasteiger partial charge in [-0.1, -0.05) is 22.9 Å². The molecule has 1 amide bonds. The number of nitrogens with one attached hydrogen (secondary N) is 1. The Morgan fingerprint density at radius 1 is 1.53 bits per heavy atom. The van der Waals surface area contributed by atoms with Gasteiger partial charge in [0.25, 0.3) is 5.91 Å². The molecule has 94 valence electrons. The molecule has 4 heteroatoms. The minimum atomic E-state index is 0.00824. The normalized spacial score (nSPS) is 12.2. The second-order valence-electron chi connectivity index (χ2n) is 4.05. The van der Waals surface area contributed by atoms with Gasteiger partial charge in [-0.2, -0.15) is 11.8 Å². The Labute approximate surface area is 116 Å². The van der Waals surface area contributed by atoms with Gasteiger partial charge in [0.1, 0.15) is 0 Å². The Morgan fingerprint density at radius 2 is 2.24 bits per heavy atom. The summed E-state index contributed by atoms with van der Waals surface area (Å²) in [6, 6.07) is 5.65. The average molecular weight is 316 g/mol. The first-order valence-corrected chi connectivity index (χ1v) is 7.70. The number of aryl methyl sites for hydroxylation is 1. The number of thioether (sulfide) groups is 1. The molecule has 0 fully saturated rings. The summed E-state index contributed by atoms with van der Waals surface area (Å²) in [7, 11) is 0. The maximum atomic E-state index is 11.8. The predicted molar refractivity (Wildman–Crippen MR) is 78.8 cm³/mol. The molecule has 0 aliphatic carbocycles. The first-order valence-electron chi connectivity index (χ1n) is 5.61. The number of hydrogen-bond donors (Lipinski definition) is 1. The fourth-order valence-corrected chi connectivity index (χ4v) is 1.99. The molecule has 0 bridgehead atoms. The molecule has 1 unspecified atom stereocenters. The van der Waals surface area contributed by atoms with Gasteiger partial charge in [-0.05, 0) is 43.4 Å². The minimum absolute atomic E-state index is 0.00824. The number of hydrogen-bond acceptors (Lipinski definition) is 2. The number of carbonyl (C=O) groups is 1. The van der Waals surface area contributed by atoms with Crippen molar-refractivity contribution >= 4 is 33.6 Å². The maximum absolute atomic E-state index is 11.8. The maximum Gasteiger partial charge on any atom is 0.251 e. The number of rotatable bonds is 5. The van der Waals surface area contributed by atoms with Crippen molar-refractivity contribution in [2.45, 2.75) is 25.5 Å². The van der Waals surface area contributed by atoms with Crippen LogP contribution in [0.15, 0.2) is 22.7 Å². The van der Waals surface area contributed by atoms with Crippen LogP contribution >= 0.6 is 27.7 Å². The number of amides is 1. The summed E-state index contributed by atoms with van der Waals surface area (Å²) in [5.41, 5.74) is 1.80. The van der Waals surface area contributed by atoms with E-state index in [0.29, 0.717) is 5.25 Å². The molecule has 17 heavy (non-hydrogen) atoms. The zero-order valence-corrected chi connectivity index (χ0v) is 12.8. The van der Waals surface area contributed by atoms with E-state index in [-0.39, 0.29) is 5.91 Å². The van der Waals surface area contributed by atoms with E-state index in [1.54, 1.807) is 0 Å². The predicted octanol–water partition coefficient (Wildman–Crippen LogP) is 3.63. The van der Waals surface area contributed by atoms with Crippen molar-refractivity contribution in [1.82, 2.24) is 5.32 Å². The van der Waals surface area contributed by atoms with E-state index in [1.807, 2.05) is 36.9 Å². The molecule has 0 spiro atoms. The van der Waals surface area contributed by atoms with Gasteiger partial charge < -0.3 is 5.32 Å². The fourth-order valence-electron chi connectivity index (χ4n) is 1.39. The molecule has 1 N–H and O–H groups in total. The van der Waals surface area contributed by atoms with E-state index in [2.05, 4.69) is 34.4 Å². The summed E-state index contributed by atoms with van der Waals surface area (Å²) in [5, 5.41) is 3.53. The molecule has 0 aliphatic heterocycles. The van der Waals surface area contributed by atoms with E-state index in [4.69, 9.17) is 0 Å². The molecule has 0 saturated carbocycles. The summed E-state index contributed by atoms with van der Waals surface area (Å²) in [6.45, 7) is 4.88. The molecule has 1 rings (SSSR count). The lowest BCUT2D eigenvalue weighted by molar-refractivity contribution is 0.0953. The van der Waals surface area contributed by atoms with Gasteiger partial charge in [0.15, 0.2) is 0 Å². The van der Waals surface area contributed by atoms with Crippen molar-refractivity contribution in [3.05, 3.63) is 33.8 Å². The zero-order chi connectivity index (χ0) is 12.8. The Morgan fingerprint density at radius 3 is 2.82 bits per heavy atom. The van der Waals surface area contributed by atoms with Gasteiger partial charge in [-0.3, -0.25) is 4.79 Å². The fraction of sp³-hybridized carbons (Fsp3) is 0.462. The molecule has 0 saturated heterocycles. The summed E-state index contributed by atoms with van der Waals surface area (Å²) < 4.78 is 1.03. The van der Waals surface area contributed by atoms with Crippen LogP contribution in [-0.2, 0) is 0 Å². The standard InChI is InChI=1S/C13H18BrNOS/c1-9-8-11(4-5-12(9)14)13(16)15-7-6-10(2)17-3/h4-5,8,10H,6-7H2,1-3H3,(H,15,16). The van der Waals surface area contributed by atoms with Crippen molar-refractivity contribution < 1.29 is 4.79 Å². The molecule has 1 atom stereocenters. The van der Waals surface area contributed by atoms with Gasteiger partial charge in [-0.25, -0.2) is 0 Å². The topological polar surface area (TPSA) is 29.1 Å². The Kier molecular flexibility index (Phi) is 6.06. The lowest BCUT2D eigenvalue weighted by Gasteiger charge is -2.09. The molecule has 0 radical (unpaired) electrons. The second kappa shape index (κ2) is 7.07. The number of halogens is 1. The van der Waals surface area contributed by atoms with Crippen LogP contribution in [0, 0.1) is 6.92 Å². The van der Waals surface area contributed by atoms with Gasteiger partial charge in [0.05, 0.1) is 0 Å². The van der Waals surface area contributed by atoms with Crippen molar-refractivity contribution in [3.8, 4) is 0 Å². The zero-order valence-electron chi connectivity index (χ0n) is 10.4. The third-order valence-corrected chi connectivity index (χ3v) is 4.59. The molecular formula is C13H18BrNOS. The van der Waals surface area contributed by atoms with E-state index in [9.17, 15) is 4.79 Å². The van der Waals surface area contributed by atoms with E-state index in [0.717, 1.165) is 28.6 Å². The van der Waals surface area contributed by atoms with Crippen molar-refractivity contribution in [3.63, 3.8) is 0 Å². The third-order valence-electron chi connectivity index (χ3n) is 2.66.